The monoisotopic (exact) mass is 276 g/mol. The van der Waals surface area contributed by atoms with E-state index in [-0.39, 0.29) is 12.3 Å². The smallest absolute Gasteiger partial charge is 0.355 e. The van der Waals surface area contributed by atoms with Crippen LogP contribution in [0.1, 0.15) is 28.5 Å². The molecule has 0 saturated carbocycles. The van der Waals surface area contributed by atoms with Gasteiger partial charge < -0.3 is 9.30 Å². The molecule has 6 heteroatoms. The fourth-order valence-electron chi connectivity index (χ4n) is 2.55. The molecule has 0 aliphatic carbocycles. The number of fused-ring (bicyclic) bond motifs is 1. The Morgan fingerprint density at radius 3 is 2.60 bits per heavy atom. The van der Waals surface area contributed by atoms with Gasteiger partial charge in [-0.1, -0.05) is 6.07 Å². The van der Waals surface area contributed by atoms with Crippen molar-refractivity contribution in [3.05, 3.63) is 39.1 Å². The minimum absolute atomic E-state index is 0.0474. The van der Waals surface area contributed by atoms with Gasteiger partial charge in [0, 0.05) is 12.6 Å². The molecule has 2 aromatic rings. The molecule has 0 radical (unpaired) electrons. The molecule has 0 fully saturated rings. The summed E-state index contributed by atoms with van der Waals surface area (Å²) in [5.41, 5.74) is 2.22. The van der Waals surface area contributed by atoms with Crippen LogP contribution in [0.15, 0.2) is 12.1 Å². The number of nitro benzene ring substituents is 1. The number of hydrogen-bond acceptors (Lipinski definition) is 4. The van der Waals surface area contributed by atoms with Crippen LogP contribution in [0.3, 0.4) is 0 Å². The summed E-state index contributed by atoms with van der Waals surface area (Å²) in [6.45, 7) is 5.39. The van der Waals surface area contributed by atoms with E-state index in [0.717, 1.165) is 0 Å². The normalized spacial score (nSPS) is 10.8. The molecule has 0 atom stereocenters. The third kappa shape index (κ3) is 1.93. The highest BCUT2D eigenvalue weighted by Crippen LogP contribution is 2.35. The summed E-state index contributed by atoms with van der Waals surface area (Å²) in [7, 11) is 1.71. The van der Waals surface area contributed by atoms with Crippen molar-refractivity contribution >= 4 is 22.6 Å². The second kappa shape index (κ2) is 4.96. The largest absolute Gasteiger partial charge is 0.461 e. The molecule has 0 aliphatic rings. The minimum atomic E-state index is -0.462. The number of nitro groups is 1. The van der Waals surface area contributed by atoms with E-state index in [2.05, 4.69) is 0 Å². The predicted octanol–water partition coefficient (Wildman–Crippen LogP) is 2.88. The van der Waals surface area contributed by atoms with Gasteiger partial charge in [0.2, 0.25) is 0 Å². The molecule has 1 aromatic heterocycles. The van der Waals surface area contributed by atoms with Gasteiger partial charge in [-0.2, -0.15) is 0 Å². The minimum Gasteiger partial charge on any atom is -0.461 e. The van der Waals surface area contributed by atoms with E-state index in [9.17, 15) is 14.9 Å². The van der Waals surface area contributed by atoms with Gasteiger partial charge in [-0.15, -0.1) is 0 Å². The summed E-state index contributed by atoms with van der Waals surface area (Å²) in [6, 6.07) is 3.47. The van der Waals surface area contributed by atoms with E-state index < -0.39 is 10.9 Å². The van der Waals surface area contributed by atoms with Gasteiger partial charge in [0.15, 0.2) is 0 Å². The second-order valence-corrected chi connectivity index (χ2v) is 4.64. The lowest BCUT2D eigenvalue weighted by Gasteiger charge is -2.04. The Kier molecular flexibility index (Phi) is 3.48. The number of esters is 1. The predicted molar refractivity (Wildman–Crippen MR) is 75.0 cm³/mol. The summed E-state index contributed by atoms with van der Waals surface area (Å²) >= 11 is 0. The van der Waals surface area contributed by atoms with Gasteiger partial charge in [0.25, 0.3) is 5.69 Å². The molecule has 0 aliphatic heterocycles. The van der Waals surface area contributed by atoms with Crippen molar-refractivity contribution in [1.29, 1.82) is 0 Å². The fraction of sp³-hybridized carbons (Fsp3) is 0.357. The first-order chi connectivity index (χ1) is 9.40. The lowest BCUT2D eigenvalue weighted by Crippen LogP contribution is -2.10. The van der Waals surface area contributed by atoms with Gasteiger partial charge >= 0.3 is 5.97 Å². The van der Waals surface area contributed by atoms with Crippen LogP contribution in [0.25, 0.3) is 10.9 Å². The molecule has 0 saturated heterocycles. The van der Waals surface area contributed by atoms with Crippen molar-refractivity contribution in [2.45, 2.75) is 20.8 Å². The van der Waals surface area contributed by atoms with E-state index in [1.165, 1.54) is 0 Å². The molecule has 20 heavy (non-hydrogen) atoms. The quantitative estimate of drug-likeness (QED) is 0.491. The first kappa shape index (κ1) is 14.0. The Balaban J connectivity index is 2.86. The van der Waals surface area contributed by atoms with E-state index in [1.807, 2.05) is 0 Å². The molecule has 106 valence electrons. The zero-order chi connectivity index (χ0) is 15.0. The highest BCUT2D eigenvalue weighted by Gasteiger charge is 2.26. The molecule has 2 rings (SSSR count). The number of benzene rings is 1. The van der Waals surface area contributed by atoms with Crippen LogP contribution >= 0.6 is 0 Å². The number of aromatic nitrogens is 1. The van der Waals surface area contributed by atoms with Gasteiger partial charge in [0.05, 0.1) is 22.4 Å². The summed E-state index contributed by atoms with van der Waals surface area (Å²) < 4.78 is 6.67. The SMILES string of the molecule is CCOC(=O)c1c(C)c2c([N+](=O)[O-])c(C)ccc2n1C. The zero-order valence-electron chi connectivity index (χ0n) is 11.9. The highest BCUT2D eigenvalue weighted by molar-refractivity contribution is 6.03. The van der Waals surface area contributed by atoms with Gasteiger partial charge in [0.1, 0.15) is 5.69 Å². The number of nitrogens with zero attached hydrogens (tertiary/aromatic N) is 2. The molecule has 6 nitrogen and oxygen atoms in total. The van der Waals surface area contributed by atoms with Crippen molar-refractivity contribution in [3.8, 4) is 0 Å². The van der Waals surface area contributed by atoms with Crippen molar-refractivity contribution in [1.82, 2.24) is 4.57 Å². The van der Waals surface area contributed by atoms with Crippen molar-refractivity contribution < 1.29 is 14.5 Å². The summed E-state index contributed by atoms with van der Waals surface area (Å²) in [4.78, 5) is 22.9. The fourth-order valence-corrected chi connectivity index (χ4v) is 2.55. The van der Waals surface area contributed by atoms with E-state index in [1.54, 1.807) is 44.5 Å². The molecule has 0 amide bonds. The van der Waals surface area contributed by atoms with Crippen LogP contribution in [0.4, 0.5) is 5.69 Å². The third-order valence-corrected chi connectivity index (χ3v) is 3.44. The number of rotatable bonds is 3. The summed E-state index contributed by atoms with van der Waals surface area (Å²) in [6.07, 6.45) is 0. The maximum absolute atomic E-state index is 12.0. The summed E-state index contributed by atoms with van der Waals surface area (Å²) in [5, 5.41) is 11.8. The van der Waals surface area contributed by atoms with Gasteiger partial charge in [-0.25, -0.2) is 4.79 Å². The van der Waals surface area contributed by atoms with Crippen LogP contribution in [-0.2, 0) is 11.8 Å². The molecule has 0 spiro atoms. The Hall–Kier alpha value is -2.37. The third-order valence-electron chi connectivity index (χ3n) is 3.44. The maximum Gasteiger partial charge on any atom is 0.355 e. The van der Waals surface area contributed by atoms with Crippen LogP contribution in [-0.4, -0.2) is 22.1 Å². The van der Waals surface area contributed by atoms with Crippen LogP contribution in [0.2, 0.25) is 0 Å². The van der Waals surface area contributed by atoms with Crippen LogP contribution < -0.4 is 0 Å². The van der Waals surface area contributed by atoms with Crippen LogP contribution in [0.5, 0.6) is 0 Å². The van der Waals surface area contributed by atoms with Crippen LogP contribution in [0, 0.1) is 24.0 Å². The lowest BCUT2D eigenvalue weighted by molar-refractivity contribution is -0.383. The number of carbonyl (C=O) groups is 1. The Bertz CT molecular complexity index is 716. The average Bonchev–Trinajstić information content (AvgIpc) is 2.61. The molecule has 0 bridgehead atoms. The molecule has 0 unspecified atom stereocenters. The van der Waals surface area contributed by atoms with Crippen molar-refractivity contribution in [2.24, 2.45) is 7.05 Å². The lowest BCUT2D eigenvalue weighted by atomic mass is 10.1. The molecule has 1 heterocycles. The standard InChI is InChI=1S/C14H16N2O4/c1-5-20-14(17)13-9(3)11-10(15(13)4)7-6-8(2)12(11)16(18)19/h6-7H,5H2,1-4H3. The second-order valence-electron chi connectivity index (χ2n) is 4.64. The van der Waals surface area contributed by atoms with E-state index in [0.29, 0.717) is 27.7 Å². The number of hydrogen-bond donors (Lipinski definition) is 0. The van der Waals surface area contributed by atoms with Gasteiger partial charge in [-0.3, -0.25) is 10.1 Å². The van der Waals surface area contributed by atoms with E-state index in [4.69, 9.17) is 4.74 Å². The highest BCUT2D eigenvalue weighted by atomic mass is 16.6. The molecule has 1 aromatic carbocycles. The number of ether oxygens (including phenoxy) is 1. The number of aryl methyl sites for hydroxylation is 3. The maximum atomic E-state index is 12.0. The first-order valence-corrected chi connectivity index (χ1v) is 6.30. The first-order valence-electron chi connectivity index (χ1n) is 6.30. The zero-order valence-corrected chi connectivity index (χ0v) is 11.9. The number of carbonyl (C=O) groups excluding carboxylic acids is 1. The molecular weight excluding hydrogens is 260 g/mol. The average molecular weight is 276 g/mol. The van der Waals surface area contributed by atoms with E-state index >= 15 is 0 Å². The molecule has 0 N–H and O–H groups in total. The van der Waals surface area contributed by atoms with Crippen molar-refractivity contribution in [3.63, 3.8) is 0 Å². The Morgan fingerprint density at radius 2 is 2.05 bits per heavy atom. The Labute approximate surface area is 116 Å². The topological polar surface area (TPSA) is 74.4 Å². The van der Waals surface area contributed by atoms with Crippen molar-refractivity contribution in [2.75, 3.05) is 6.61 Å². The summed E-state index contributed by atoms with van der Waals surface area (Å²) in [5.74, 6) is -0.462. The molecular formula is C14H16N2O4. The Morgan fingerprint density at radius 1 is 1.40 bits per heavy atom. The van der Waals surface area contributed by atoms with Gasteiger partial charge in [-0.05, 0) is 32.4 Å².